The van der Waals surface area contributed by atoms with E-state index < -0.39 is 17.7 Å². The molecule has 1 aliphatic rings. The molecule has 1 N–H and O–H groups in total. The van der Waals surface area contributed by atoms with Crippen LogP contribution in [0.5, 0.6) is 5.75 Å². The standard InChI is InChI=1S/C19H21F2NO3/c1-24-16-8-7-15(20)14(18(16)21)11-22-9-10-25-17(12-23)19(22)13-5-3-2-4-6-13/h2-8,17,19,23H,9-12H2,1H3/t17-,19-/m1/s1. The van der Waals surface area contributed by atoms with E-state index in [-0.39, 0.29) is 30.5 Å². The number of aliphatic hydroxyl groups is 1. The van der Waals surface area contributed by atoms with Gasteiger partial charge in [0.25, 0.3) is 0 Å². The van der Waals surface area contributed by atoms with E-state index in [9.17, 15) is 13.9 Å². The molecule has 3 rings (SSSR count). The zero-order chi connectivity index (χ0) is 17.8. The van der Waals surface area contributed by atoms with Gasteiger partial charge in [0.05, 0.1) is 26.4 Å². The fourth-order valence-corrected chi connectivity index (χ4v) is 3.27. The van der Waals surface area contributed by atoms with Crippen molar-refractivity contribution in [1.29, 1.82) is 0 Å². The Balaban J connectivity index is 1.94. The Morgan fingerprint density at radius 2 is 1.96 bits per heavy atom. The van der Waals surface area contributed by atoms with Crippen molar-refractivity contribution in [2.24, 2.45) is 0 Å². The van der Waals surface area contributed by atoms with Gasteiger partial charge in [0, 0.05) is 18.7 Å². The number of aliphatic hydroxyl groups excluding tert-OH is 1. The summed E-state index contributed by atoms with van der Waals surface area (Å²) >= 11 is 0. The summed E-state index contributed by atoms with van der Waals surface area (Å²) in [7, 11) is 1.35. The fourth-order valence-electron chi connectivity index (χ4n) is 3.27. The highest BCUT2D eigenvalue weighted by atomic mass is 19.1. The van der Waals surface area contributed by atoms with Crippen LogP contribution in [0.4, 0.5) is 8.78 Å². The second-order valence-corrected chi connectivity index (χ2v) is 5.96. The van der Waals surface area contributed by atoms with Crippen LogP contribution >= 0.6 is 0 Å². The quantitative estimate of drug-likeness (QED) is 0.901. The van der Waals surface area contributed by atoms with Crippen molar-refractivity contribution < 1.29 is 23.4 Å². The third-order valence-electron chi connectivity index (χ3n) is 4.51. The average Bonchev–Trinajstić information content (AvgIpc) is 2.65. The Morgan fingerprint density at radius 1 is 1.20 bits per heavy atom. The van der Waals surface area contributed by atoms with E-state index in [1.807, 2.05) is 35.2 Å². The first kappa shape index (κ1) is 17.8. The van der Waals surface area contributed by atoms with Crippen molar-refractivity contribution in [2.45, 2.75) is 18.7 Å². The molecule has 1 heterocycles. The molecule has 1 fully saturated rings. The molecular formula is C19H21F2NO3. The van der Waals surface area contributed by atoms with Gasteiger partial charge in [-0.25, -0.2) is 8.78 Å². The molecule has 0 radical (unpaired) electrons. The third kappa shape index (κ3) is 3.66. The first-order valence-corrected chi connectivity index (χ1v) is 8.18. The molecule has 0 saturated carbocycles. The summed E-state index contributed by atoms with van der Waals surface area (Å²) in [6.07, 6.45) is -0.451. The topological polar surface area (TPSA) is 41.9 Å². The number of ether oxygens (including phenoxy) is 2. The van der Waals surface area contributed by atoms with Gasteiger partial charge in [-0.05, 0) is 17.7 Å². The Morgan fingerprint density at radius 3 is 2.64 bits per heavy atom. The predicted molar refractivity (Wildman–Crippen MR) is 89.3 cm³/mol. The molecule has 0 aliphatic carbocycles. The lowest BCUT2D eigenvalue weighted by Gasteiger charge is -2.41. The summed E-state index contributed by atoms with van der Waals surface area (Å²) in [4.78, 5) is 1.93. The lowest BCUT2D eigenvalue weighted by molar-refractivity contribution is -0.0965. The third-order valence-corrected chi connectivity index (χ3v) is 4.51. The number of rotatable bonds is 5. The molecule has 134 valence electrons. The fraction of sp³-hybridized carbons (Fsp3) is 0.368. The van der Waals surface area contributed by atoms with Gasteiger partial charge in [0.1, 0.15) is 11.9 Å². The summed E-state index contributed by atoms with van der Waals surface area (Å²) in [6.45, 7) is 0.793. The molecule has 6 heteroatoms. The Hall–Kier alpha value is -2.02. The minimum atomic E-state index is -0.693. The minimum absolute atomic E-state index is 0.0135. The Labute approximate surface area is 145 Å². The van der Waals surface area contributed by atoms with Gasteiger partial charge in [-0.15, -0.1) is 0 Å². The van der Waals surface area contributed by atoms with Crippen LogP contribution in [0.3, 0.4) is 0 Å². The monoisotopic (exact) mass is 349 g/mol. The molecule has 4 nitrogen and oxygen atoms in total. The van der Waals surface area contributed by atoms with Crippen molar-refractivity contribution >= 4 is 0 Å². The van der Waals surface area contributed by atoms with Crippen LogP contribution in [0.15, 0.2) is 42.5 Å². The number of hydrogen-bond donors (Lipinski definition) is 1. The van der Waals surface area contributed by atoms with Crippen molar-refractivity contribution in [3.63, 3.8) is 0 Å². The first-order chi connectivity index (χ1) is 12.2. The second kappa shape index (κ2) is 7.91. The summed E-state index contributed by atoms with van der Waals surface area (Å²) in [5.74, 6) is -1.29. The van der Waals surface area contributed by atoms with Crippen molar-refractivity contribution in [3.8, 4) is 5.75 Å². The normalized spacial score (nSPS) is 21.3. The minimum Gasteiger partial charge on any atom is -0.494 e. The summed E-state index contributed by atoms with van der Waals surface area (Å²) in [5, 5.41) is 9.68. The molecule has 2 atom stereocenters. The Kier molecular flexibility index (Phi) is 5.63. The lowest BCUT2D eigenvalue weighted by atomic mass is 9.97. The highest BCUT2D eigenvalue weighted by molar-refractivity contribution is 5.33. The number of methoxy groups -OCH3 is 1. The van der Waals surface area contributed by atoms with E-state index in [4.69, 9.17) is 9.47 Å². The molecule has 0 spiro atoms. The van der Waals surface area contributed by atoms with E-state index in [0.29, 0.717) is 13.2 Å². The molecule has 1 saturated heterocycles. The van der Waals surface area contributed by atoms with Crippen LogP contribution in [0, 0.1) is 11.6 Å². The summed E-state index contributed by atoms with van der Waals surface area (Å²) in [5.41, 5.74) is 0.892. The van der Waals surface area contributed by atoms with Gasteiger partial charge in [-0.3, -0.25) is 4.90 Å². The van der Waals surface area contributed by atoms with Gasteiger partial charge >= 0.3 is 0 Å². The number of morpholine rings is 1. The maximum Gasteiger partial charge on any atom is 0.172 e. The molecule has 1 aliphatic heterocycles. The van der Waals surface area contributed by atoms with E-state index in [0.717, 1.165) is 5.56 Å². The predicted octanol–water partition coefficient (Wildman–Crippen LogP) is 2.91. The van der Waals surface area contributed by atoms with Crippen LogP contribution in [-0.4, -0.2) is 43.0 Å². The van der Waals surface area contributed by atoms with Crippen LogP contribution in [-0.2, 0) is 11.3 Å². The molecular weight excluding hydrogens is 328 g/mol. The molecule has 0 unspecified atom stereocenters. The molecule has 0 aromatic heterocycles. The van der Waals surface area contributed by atoms with Crippen molar-refractivity contribution in [1.82, 2.24) is 4.90 Å². The number of hydrogen-bond acceptors (Lipinski definition) is 4. The van der Waals surface area contributed by atoms with Gasteiger partial charge in [-0.1, -0.05) is 30.3 Å². The zero-order valence-corrected chi connectivity index (χ0v) is 14.0. The van der Waals surface area contributed by atoms with E-state index in [1.165, 1.54) is 19.2 Å². The molecule has 0 bridgehead atoms. The number of nitrogens with zero attached hydrogens (tertiary/aromatic N) is 1. The maximum absolute atomic E-state index is 14.5. The second-order valence-electron chi connectivity index (χ2n) is 5.96. The van der Waals surface area contributed by atoms with E-state index in [2.05, 4.69) is 0 Å². The smallest absolute Gasteiger partial charge is 0.172 e. The molecule has 2 aromatic carbocycles. The molecule has 2 aromatic rings. The van der Waals surface area contributed by atoms with E-state index in [1.54, 1.807) is 0 Å². The van der Waals surface area contributed by atoms with Crippen molar-refractivity contribution in [3.05, 3.63) is 65.2 Å². The van der Waals surface area contributed by atoms with Crippen LogP contribution < -0.4 is 4.74 Å². The molecule has 25 heavy (non-hydrogen) atoms. The van der Waals surface area contributed by atoms with Crippen LogP contribution in [0.2, 0.25) is 0 Å². The van der Waals surface area contributed by atoms with Gasteiger partial charge in [-0.2, -0.15) is 0 Å². The first-order valence-electron chi connectivity index (χ1n) is 8.18. The lowest BCUT2D eigenvalue weighted by Crippen LogP contribution is -2.46. The van der Waals surface area contributed by atoms with Gasteiger partial charge < -0.3 is 14.6 Å². The molecule has 0 amide bonds. The van der Waals surface area contributed by atoms with Crippen molar-refractivity contribution in [2.75, 3.05) is 26.9 Å². The summed E-state index contributed by atoms with van der Waals surface area (Å²) < 4.78 is 39.4. The zero-order valence-electron chi connectivity index (χ0n) is 14.0. The van der Waals surface area contributed by atoms with E-state index >= 15 is 0 Å². The number of benzene rings is 2. The largest absolute Gasteiger partial charge is 0.494 e. The van der Waals surface area contributed by atoms with Gasteiger partial charge in [0.2, 0.25) is 0 Å². The highest BCUT2D eigenvalue weighted by Gasteiger charge is 2.34. The van der Waals surface area contributed by atoms with Crippen LogP contribution in [0.1, 0.15) is 17.2 Å². The summed E-state index contributed by atoms with van der Waals surface area (Å²) in [6, 6.07) is 11.7. The maximum atomic E-state index is 14.5. The highest BCUT2D eigenvalue weighted by Crippen LogP contribution is 2.33. The number of halogens is 2. The van der Waals surface area contributed by atoms with Crippen LogP contribution in [0.25, 0.3) is 0 Å². The Bertz CT molecular complexity index is 711. The SMILES string of the molecule is COc1ccc(F)c(CN2CCO[C@H](CO)[C@H]2c2ccccc2)c1F. The van der Waals surface area contributed by atoms with Gasteiger partial charge in [0.15, 0.2) is 11.6 Å². The average molecular weight is 349 g/mol.